The number of thioether (sulfide) groups is 1. The van der Waals surface area contributed by atoms with Gasteiger partial charge in [0.15, 0.2) is 0 Å². The van der Waals surface area contributed by atoms with Crippen molar-refractivity contribution in [3.63, 3.8) is 0 Å². The Bertz CT molecular complexity index is 1230. The van der Waals surface area contributed by atoms with E-state index >= 15 is 0 Å². The topological polar surface area (TPSA) is 85.3 Å². The molecule has 1 atom stereocenters. The molecule has 7 heteroatoms. The van der Waals surface area contributed by atoms with Gasteiger partial charge in [-0.15, -0.1) is 11.8 Å². The summed E-state index contributed by atoms with van der Waals surface area (Å²) in [5, 5.41) is 10.1. The van der Waals surface area contributed by atoms with Crippen LogP contribution in [0.5, 0.6) is 11.5 Å². The van der Waals surface area contributed by atoms with E-state index in [4.69, 9.17) is 26.8 Å². The molecule has 1 aliphatic rings. The maximum Gasteiger partial charge on any atom is 0.343 e. The lowest BCUT2D eigenvalue weighted by atomic mass is 9.83. The molecule has 1 aliphatic heterocycles. The number of carbonyl (C=O) groups is 1. The highest BCUT2D eigenvalue weighted by Crippen LogP contribution is 2.43. The molecule has 0 saturated carbocycles. The van der Waals surface area contributed by atoms with Crippen LogP contribution in [0.3, 0.4) is 0 Å². The smallest absolute Gasteiger partial charge is 0.343 e. The van der Waals surface area contributed by atoms with Crippen molar-refractivity contribution in [1.82, 2.24) is 0 Å². The number of nitriles is 1. The van der Waals surface area contributed by atoms with Crippen molar-refractivity contribution >= 4 is 29.3 Å². The first-order chi connectivity index (χ1) is 15.0. The Kier molecular flexibility index (Phi) is 5.90. The van der Waals surface area contributed by atoms with Gasteiger partial charge in [-0.2, -0.15) is 5.26 Å². The first kappa shape index (κ1) is 20.9. The van der Waals surface area contributed by atoms with E-state index in [1.54, 1.807) is 48.2 Å². The third kappa shape index (κ3) is 4.24. The molecule has 0 saturated heterocycles. The van der Waals surface area contributed by atoms with E-state index in [0.29, 0.717) is 27.7 Å². The largest absolute Gasteiger partial charge is 0.440 e. The monoisotopic (exact) mass is 448 g/mol. The van der Waals surface area contributed by atoms with Crippen LogP contribution in [0.25, 0.3) is 0 Å². The molecule has 3 aromatic carbocycles. The summed E-state index contributed by atoms with van der Waals surface area (Å²) in [5.41, 5.74) is 8.42. The Hall–Kier alpha value is -3.40. The van der Waals surface area contributed by atoms with E-state index in [1.165, 1.54) is 6.07 Å². The van der Waals surface area contributed by atoms with Gasteiger partial charge < -0.3 is 15.2 Å². The van der Waals surface area contributed by atoms with Gasteiger partial charge in [-0.05, 0) is 48.2 Å². The Morgan fingerprint density at radius 2 is 1.94 bits per heavy atom. The van der Waals surface area contributed by atoms with Gasteiger partial charge in [-0.3, -0.25) is 0 Å². The minimum atomic E-state index is -0.538. The molecular weight excluding hydrogens is 432 g/mol. The molecule has 1 heterocycles. The Morgan fingerprint density at radius 1 is 1.16 bits per heavy atom. The zero-order chi connectivity index (χ0) is 22.0. The molecule has 4 rings (SSSR count). The van der Waals surface area contributed by atoms with Gasteiger partial charge in [0.1, 0.15) is 23.1 Å². The summed E-state index contributed by atoms with van der Waals surface area (Å²) in [6, 6.07) is 21.7. The van der Waals surface area contributed by atoms with Crippen LogP contribution >= 0.6 is 23.4 Å². The number of fused-ring (bicyclic) bond motifs is 1. The first-order valence-electron chi connectivity index (χ1n) is 9.33. The minimum Gasteiger partial charge on any atom is -0.440 e. The summed E-state index contributed by atoms with van der Waals surface area (Å²) in [5.74, 6) is -0.140. The summed E-state index contributed by atoms with van der Waals surface area (Å²) < 4.78 is 11.2. The molecule has 0 fully saturated rings. The number of halogens is 1. The number of nitrogens with zero attached hydrogens (tertiary/aromatic N) is 1. The normalized spacial score (nSPS) is 14.9. The molecule has 0 bridgehead atoms. The van der Waals surface area contributed by atoms with Gasteiger partial charge in [0.25, 0.3) is 0 Å². The summed E-state index contributed by atoms with van der Waals surface area (Å²) in [6.07, 6.45) is 2.00. The molecule has 1 unspecified atom stereocenters. The van der Waals surface area contributed by atoms with Gasteiger partial charge in [0.05, 0.1) is 11.5 Å². The van der Waals surface area contributed by atoms with E-state index < -0.39 is 5.97 Å². The SMILES string of the molecule is CSc1ccc(C2C(C#N)=C(N)Oc3cc(OC(=O)c4cccc(Cl)c4)ccc32)cc1. The lowest BCUT2D eigenvalue weighted by Gasteiger charge is -2.26. The fourth-order valence-corrected chi connectivity index (χ4v) is 4.02. The van der Waals surface area contributed by atoms with Gasteiger partial charge in [0.2, 0.25) is 5.88 Å². The van der Waals surface area contributed by atoms with Crippen LogP contribution in [0.15, 0.2) is 83.1 Å². The van der Waals surface area contributed by atoms with Gasteiger partial charge in [0, 0.05) is 21.5 Å². The average Bonchev–Trinajstić information content (AvgIpc) is 2.78. The van der Waals surface area contributed by atoms with Crippen LogP contribution in [0.4, 0.5) is 0 Å². The van der Waals surface area contributed by atoms with Crippen LogP contribution in [0.2, 0.25) is 5.02 Å². The van der Waals surface area contributed by atoms with Crippen LogP contribution in [0.1, 0.15) is 27.4 Å². The van der Waals surface area contributed by atoms with Gasteiger partial charge in [-0.25, -0.2) is 4.79 Å². The summed E-state index contributed by atoms with van der Waals surface area (Å²) in [7, 11) is 0. The van der Waals surface area contributed by atoms with Crippen molar-refractivity contribution in [3.05, 3.63) is 99.9 Å². The number of ether oxygens (including phenoxy) is 2. The van der Waals surface area contributed by atoms with E-state index in [0.717, 1.165) is 16.0 Å². The standard InChI is InChI=1S/C24H17ClN2O3S/c1-31-18-8-5-14(6-9-18)22-19-10-7-17(12-21(19)30-23(27)20(22)13-26)29-24(28)15-3-2-4-16(25)11-15/h2-12,22H,27H2,1H3. The van der Waals surface area contributed by atoms with E-state index in [1.807, 2.05) is 30.5 Å². The van der Waals surface area contributed by atoms with Crippen molar-refractivity contribution in [2.24, 2.45) is 5.73 Å². The fourth-order valence-electron chi connectivity index (χ4n) is 3.42. The molecule has 2 N–H and O–H groups in total. The maximum absolute atomic E-state index is 12.4. The van der Waals surface area contributed by atoms with Crippen LogP contribution in [-0.4, -0.2) is 12.2 Å². The van der Waals surface area contributed by atoms with Crippen LogP contribution in [-0.2, 0) is 0 Å². The van der Waals surface area contributed by atoms with Crippen LogP contribution in [0, 0.1) is 11.3 Å². The quantitative estimate of drug-likeness (QED) is 0.322. The summed E-state index contributed by atoms with van der Waals surface area (Å²) in [6.45, 7) is 0. The van der Waals surface area contributed by atoms with Crippen LogP contribution < -0.4 is 15.2 Å². The number of hydrogen-bond acceptors (Lipinski definition) is 6. The molecule has 0 amide bonds. The molecule has 0 radical (unpaired) electrons. The maximum atomic E-state index is 12.4. The predicted molar refractivity (Wildman–Crippen MR) is 120 cm³/mol. The highest BCUT2D eigenvalue weighted by molar-refractivity contribution is 7.98. The molecule has 154 valence electrons. The Morgan fingerprint density at radius 3 is 2.61 bits per heavy atom. The highest BCUT2D eigenvalue weighted by Gasteiger charge is 2.31. The molecule has 0 spiro atoms. The third-order valence-corrected chi connectivity index (χ3v) is 5.89. The second-order valence-electron chi connectivity index (χ2n) is 6.80. The second-order valence-corrected chi connectivity index (χ2v) is 8.11. The zero-order valence-corrected chi connectivity index (χ0v) is 18.0. The first-order valence-corrected chi connectivity index (χ1v) is 10.9. The lowest BCUT2D eigenvalue weighted by molar-refractivity contribution is 0.0734. The number of rotatable bonds is 4. The predicted octanol–water partition coefficient (Wildman–Crippen LogP) is 5.50. The molecule has 5 nitrogen and oxygen atoms in total. The molecule has 0 aromatic heterocycles. The lowest BCUT2D eigenvalue weighted by Crippen LogP contribution is -2.21. The van der Waals surface area contributed by atoms with E-state index in [2.05, 4.69) is 6.07 Å². The number of allylic oxidation sites excluding steroid dienone is 1. The molecule has 0 aliphatic carbocycles. The number of carbonyl (C=O) groups excluding carboxylic acids is 1. The van der Waals surface area contributed by atoms with E-state index in [-0.39, 0.29) is 11.8 Å². The van der Waals surface area contributed by atoms with Crippen molar-refractivity contribution in [2.75, 3.05) is 6.26 Å². The number of esters is 1. The number of hydrogen-bond donors (Lipinski definition) is 1. The second kappa shape index (κ2) is 8.76. The van der Waals surface area contributed by atoms with E-state index in [9.17, 15) is 10.1 Å². The Labute approximate surface area is 189 Å². The van der Waals surface area contributed by atoms with Crippen molar-refractivity contribution in [2.45, 2.75) is 10.8 Å². The Balaban J connectivity index is 1.68. The summed E-state index contributed by atoms with van der Waals surface area (Å²) in [4.78, 5) is 13.6. The minimum absolute atomic E-state index is 0.0345. The highest BCUT2D eigenvalue weighted by atomic mass is 35.5. The fraction of sp³-hybridized carbons (Fsp3) is 0.0833. The van der Waals surface area contributed by atoms with Gasteiger partial charge >= 0.3 is 5.97 Å². The molecule has 3 aromatic rings. The zero-order valence-electron chi connectivity index (χ0n) is 16.5. The molecule has 31 heavy (non-hydrogen) atoms. The van der Waals surface area contributed by atoms with Crippen molar-refractivity contribution in [1.29, 1.82) is 5.26 Å². The van der Waals surface area contributed by atoms with Crippen molar-refractivity contribution in [3.8, 4) is 17.6 Å². The number of nitrogens with two attached hydrogens (primary N) is 1. The summed E-state index contributed by atoms with van der Waals surface area (Å²) >= 11 is 7.59. The molecular formula is C24H17ClN2O3S. The van der Waals surface area contributed by atoms with Crippen molar-refractivity contribution < 1.29 is 14.3 Å². The van der Waals surface area contributed by atoms with Gasteiger partial charge in [-0.1, -0.05) is 35.9 Å². The average molecular weight is 449 g/mol. The number of benzene rings is 3. The third-order valence-electron chi connectivity index (χ3n) is 4.91.